The number of hydrogen-bond acceptors (Lipinski definition) is 0. The average Bonchev–Trinajstić information content (AvgIpc) is 1.85. The highest BCUT2D eigenvalue weighted by Crippen LogP contribution is 2.69. The van der Waals surface area contributed by atoms with Gasteiger partial charge in [-0.15, -0.1) is 0 Å². The monoisotopic (exact) mass is 124 g/mol. The summed E-state index contributed by atoms with van der Waals surface area (Å²) >= 11 is 0. The molecule has 0 saturated heterocycles. The molecule has 0 heteroatoms. The molecule has 9 heavy (non-hydrogen) atoms. The van der Waals surface area contributed by atoms with Crippen LogP contribution in [0.25, 0.3) is 0 Å². The lowest BCUT2D eigenvalue weighted by atomic mass is 9.61. The van der Waals surface area contributed by atoms with Gasteiger partial charge in [0.2, 0.25) is 0 Å². The lowest BCUT2D eigenvalue weighted by Gasteiger charge is -2.44. The molecule has 3 fully saturated rings. The van der Waals surface area contributed by atoms with Gasteiger partial charge in [0.05, 0.1) is 0 Å². The van der Waals surface area contributed by atoms with Crippen LogP contribution < -0.4 is 0 Å². The first-order valence-electron chi connectivity index (χ1n) is 4.04. The van der Waals surface area contributed by atoms with E-state index in [0.717, 1.165) is 16.7 Å². The Kier molecular flexibility index (Phi) is 0.774. The Bertz CT molecular complexity index is 135. The van der Waals surface area contributed by atoms with Crippen molar-refractivity contribution in [3.05, 3.63) is 0 Å². The van der Waals surface area contributed by atoms with E-state index in [2.05, 4.69) is 20.8 Å². The minimum atomic E-state index is 0.759. The standard InChI is InChI=1S/C9H16/c1-7-4-8(2)5-9(7,3)6-8/h7H,4-6H2,1-3H3/t7-,8?,9?/m1/s1. The Hall–Kier alpha value is 0. The summed E-state index contributed by atoms with van der Waals surface area (Å²) in [5.74, 6) is 1.00. The fourth-order valence-electron chi connectivity index (χ4n) is 3.38. The van der Waals surface area contributed by atoms with Crippen molar-refractivity contribution in [3.63, 3.8) is 0 Å². The maximum Gasteiger partial charge on any atom is -0.0290 e. The Labute approximate surface area is 57.6 Å². The third-order valence-electron chi connectivity index (χ3n) is 3.65. The summed E-state index contributed by atoms with van der Waals surface area (Å²) in [7, 11) is 0. The van der Waals surface area contributed by atoms with Crippen molar-refractivity contribution in [3.8, 4) is 0 Å². The normalized spacial score (nSPS) is 63.7. The molecule has 52 valence electrons. The van der Waals surface area contributed by atoms with Crippen LogP contribution in [-0.4, -0.2) is 0 Å². The van der Waals surface area contributed by atoms with Gasteiger partial charge in [0, 0.05) is 0 Å². The van der Waals surface area contributed by atoms with Gasteiger partial charge in [-0.2, -0.15) is 0 Å². The minimum Gasteiger partial charge on any atom is -0.0620 e. The molecule has 3 aliphatic carbocycles. The molecule has 3 saturated carbocycles. The third-order valence-corrected chi connectivity index (χ3v) is 3.65. The van der Waals surface area contributed by atoms with Gasteiger partial charge < -0.3 is 0 Å². The van der Waals surface area contributed by atoms with Crippen molar-refractivity contribution < 1.29 is 0 Å². The van der Waals surface area contributed by atoms with Crippen molar-refractivity contribution >= 4 is 0 Å². The van der Waals surface area contributed by atoms with E-state index in [1.165, 1.54) is 19.3 Å². The quantitative estimate of drug-likeness (QED) is 0.466. The lowest BCUT2D eigenvalue weighted by Crippen LogP contribution is -2.34. The molecule has 0 aromatic carbocycles. The summed E-state index contributed by atoms with van der Waals surface area (Å²) < 4.78 is 0. The number of rotatable bonds is 0. The molecule has 3 aliphatic rings. The van der Waals surface area contributed by atoms with Gasteiger partial charge in [-0.3, -0.25) is 0 Å². The van der Waals surface area contributed by atoms with Crippen molar-refractivity contribution in [1.29, 1.82) is 0 Å². The Balaban J connectivity index is 2.24. The van der Waals surface area contributed by atoms with Crippen molar-refractivity contribution in [1.82, 2.24) is 0 Å². The van der Waals surface area contributed by atoms with Gasteiger partial charge in [0.15, 0.2) is 0 Å². The van der Waals surface area contributed by atoms with Crippen LogP contribution in [0.2, 0.25) is 0 Å². The summed E-state index contributed by atoms with van der Waals surface area (Å²) in [6.07, 6.45) is 4.49. The second kappa shape index (κ2) is 1.21. The lowest BCUT2D eigenvalue weighted by molar-refractivity contribution is 0.0646. The van der Waals surface area contributed by atoms with Crippen LogP contribution in [0.1, 0.15) is 40.0 Å². The maximum absolute atomic E-state index is 2.45. The van der Waals surface area contributed by atoms with Crippen LogP contribution in [0.3, 0.4) is 0 Å². The molecule has 1 atom stereocenters. The molecular weight excluding hydrogens is 108 g/mol. The Morgan fingerprint density at radius 2 is 1.78 bits per heavy atom. The van der Waals surface area contributed by atoms with E-state index in [1.54, 1.807) is 0 Å². The van der Waals surface area contributed by atoms with Crippen LogP contribution in [0.15, 0.2) is 0 Å². The number of hydrogen-bond donors (Lipinski definition) is 0. The first-order chi connectivity index (χ1) is 4.04. The predicted molar refractivity (Wildman–Crippen MR) is 39.2 cm³/mol. The first-order valence-corrected chi connectivity index (χ1v) is 4.04. The molecule has 0 aromatic heterocycles. The third kappa shape index (κ3) is 0.544. The highest BCUT2D eigenvalue weighted by atomic mass is 14.6. The maximum atomic E-state index is 2.45. The van der Waals surface area contributed by atoms with E-state index in [4.69, 9.17) is 0 Å². The van der Waals surface area contributed by atoms with Crippen molar-refractivity contribution in [2.24, 2.45) is 16.7 Å². The molecule has 0 spiro atoms. The van der Waals surface area contributed by atoms with Gasteiger partial charge >= 0.3 is 0 Å². The Morgan fingerprint density at radius 1 is 1.22 bits per heavy atom. The summed E-state index contributed by atoms with van der Waals surface area (Å²) in [5.41, 5.74) is 1.53. The molecule has 0 unspecified atom stereocenters. The van der Waals surface area contributed by atoms with Gasteiger partial charge in [0.1, 0.15) is 0 Å². The van der Waals surface area contributed by atoms with Gasteiger partial charge in [0.25, 0.3) is 0 Å². The van der Waals surface area contributed by atoms with Crippen LogP contribution in [0, 0.1) is 16.7 Å². The van der Waals surface area contributed by atoms with E-state index in [0.29, 0.717) is 0 Å². The molecule has 0 heterocycles. The molecule has 0 aromatic rings. The second-order valence-corrected chi connectivity index (χ2v) is 4.92. The highest BCUT2D eigenvalue weighted by Gasteiger charge is 2.58. The summed E-state index contributed by atoms with van der Waals surface area (Å²) in [5, 5.41) is 0. The van der Waals surface area contributed by atoms with Crippen LogP contribution in [0.5, 0.6) is 0 Å². The zero-order valence-electron chi connectivity index (χ0n) is 6.70. The SMILES string of the molecule is C[C@@H]1CC2(C)CC1(C)C2. The number of fused-ring (bicyclic) bond motifs is 1. The zero-order chi connectivity index (χ0) is 6.70. The molecule has 0 aliphatic heterocycles. The van der Waals surface area contributed by atoms with E-state index < -0.39 is 0 Å². The molecule has 0 nitrogen and oxygen atoms in total. The molecule has 0 amide bonds. The van der Waals surface area contributed by atoms with E-state index in [9.17, 15) is 0 Å². The minimum absolute atomic E-state index is 0.759. The Morgan fingerprint density at radius 3 is 1.89 bits per heavy atom. The molecule has 0 radical (unpaired) electrons. The van der Waals surface area contributed by atoms with Crippen molar-refractivity contribution in [2.75, 3.05) is 0 Å². The molecule has 2 bridgehead atoms. The predicted octanol–water partition coefficient (Wildman–Crippen LogP) is 2.83. The second-order valence-electron chi connectivity index (χ2n) is 4.92. The van der Waals surface area contributed by atoms with Crippen molar-refractivity contribution in [2.45, 2.75) is 40.0 Å². The molecular formula is C9H16. The topological polar surface area (TPSA) is 0 Å². The summed E-state index contributed by atoms with van der Waals surface area (Å²) in [6, 6.07) is 0. The van der Waals surface area contributed by atoms with E-state index in [1.807, 2.05) is 0 Å². The van der Waals surface area contributed by atoms with Gasteiger partial charge in [-0.1, -0.05) is 20.8 Å². The fourth-order valence-corrected chi connectivity index (χ4v) is 3.38. The molecule has 0 N–H and O–H groups in total. The zero-order valence-corrected chi connectivity index (χ0v) is 6.70. The fraction of sp³-hybridized carbons (Fsp3) is 1.00. The van der Waals surface area contributed by atoms with Gasteiger partial charge in [-0.05, 0) is 36.0 Å². The van der Waals surface area contributed by atoms with E-state index >= 15 is 0 Å². The largest absolute Gasteiger partial charge is 0.0620 e. The first kappa shape index (κ1) is 5.76. The van der Waals surface area contributed by atoms with Crippen LogP contribution in [0.4, 0.5) is 0 Å². The van der Waals surface area contributed by atoms with Gasteiger partial charge in [-0.25, -0.2) is 0 Å². The van der Waals surface area contributed by atoms with E-state index in [-0.39, 0.29) is 0 Å². The molecule has 3 rings (SSSR count). The summed E-state index contributed by atoms with van der Waals surface area (Å²) in [4.78, 5) is 0. The average molecular weight is 124 g/mol. The van der Waals surface area contributed by atoms with Crippen LogP contribution >= 0.6 is 0 Å². The van der Waals surface area contributed by atoms with Crippen LogP contribution in [-0.2, 0) is 0 Å². The highest BCUT2D eigenvalue weighted by molar-refractivity contribution is 5.09. The smallest absolute Gasteiger partial charge is 0.0290 e. The summed E-state index contributed by atoms with van der Waals surface area (Å²) in [6.45, 7) is 7.31.